The number of halogens is 1. The van der Waals surface area contributed by atoms with Crippen LogP contribution in [0.1, 0.15) is 37.7 Å². The summed E-state index contributed by atoms with van der Waals surface area (Å²) in [5.41, 5.74) is 7.19. The molecule has 2 N–H and O–H groups in total. The molecule has 1 aromatic rings. The van der Waals surface area contributed by atoms with E-state index in [1.165, 1.54) is 18.4 Å². The lowest BCUT2D eigenvalue weighted by Gasteiger charge is -2.16. The summed E-state index contributed by atoms with van der Waals surface area (Å²) in [6.07, 6.45) is 3.42. The molecule has 1 spiro atoms. The van der Waals surface area contributed by atoms with Crippen LogP contribution in [0.5, 0.6) is 11.5 Å². The monoisotopic (exact) mass is 325 g/mol. The van der Waals surface area contributed by atoms with Gasteiger partial charge in [0.2, 0.25) is 0 Å². The summed E-state index contributed by atoms with van der Waals surface area (Å²) in [5.74, 6) is 2.16. The first-order chi connectivity index (χ1) is 9.13. The lowest BCUT2D eigenvalue weighted by Crippen LogP contribution is -2.17. The van der Waals surface area contributed by atoms with E-state index >= 15 is 0 Å². The van der Waals surface area contributed by atoms with Gasteiger partial charge in [0.25, 0.3) is 0 Å². The lowest BCUT2D eigenvalue weighted by molar-refractivity contribution is 0.197. The molecular formula is C15H20BrNO2. The standard InChI is InChI=1S/C15H20BrNO2/c1-10(2-5-17)11-6-13-14(7-12(11)16)19-9-15(3-4-15)8-18-13/h6-7,10H,2-5,8-9,17H2,1H3. The maximum atomic E-state index is 5.97. The summed E-state index contributed by atoms with van der Waals surface area (Å²) >= 11 is 3.64. The van der Waals surface area contributed by atoms with Crippen LogP contribution in [0.2, 0.25) is 0 Å². The minimum absolute atomic E-state index is 0.286. The van der Waals surface area contributed by atoms with E-state index in [0.29, 0.717) is 12.5 Å². The van der Waals surface area contributed by atoms with Gasteiger partial charge in [-0.05, 0) is 49.4 Å². The van der Waals surface area contributed by atoms with Crippen molar-refractivity contribution in [2.75, 3.05) is 19.8 Å². The Hall–Kier alpha value is -0.740. The molecule has 1 aliphatic carbocycles. The molecule has 4 heteroatoms. The largest absolute Gasteiger partial charge is 0.489 e. The Bertz CT molecular complexity index is 485. The van der Waals surface area contributed by atoms with Crippen LogP contribution in [-0.4, -0.2) is 19.8 Å². The average Bonchev–Trinajstić information content (AvgIpc) is 3.18. The Balaban J connectivity index is 1.88. The summed E-state index contributed by atoms with van der Waals surface area (Å²) < 4.78 is 13.0. The van der Waals surface area contributed by atoms with E-state index < -0.39 is 0 Å². The summed E-state index contributed by atoms with van der Waals surface area (Å²) in [7, 11) is 0. The van der Waals surface area contributed by atoms with Gasteiger partial charge in [0.1, 0.15) is 0 Å². The van der Waals surface area contributed by atoms with E-state index in [4.69, 9.17) is 15.2 Å². The van der Waals surface area contributed by atoms with Gasteiger partial charge in [-0.2, -0.15) is 0 Å². The summed E-state index contributed by atoms with van der Waals surface area (Å²) in [6.45, 7) is 4.46. The molecule has 0 bridgehead atoms. The Kier molecular flexibility index (Phi) is 3.48. The number of benzene rings is 1. The first kappa shape index (κ1) is 13.3. The molecule has 104 valence electrons. The maximum Gasteiger partial charge on any atom is 0.162 e. The van der Waals surface area contributed by atoms with Crippen molar-refractivity contribution in [3.63, 3.8) is 0 Å². The second kappa shape index (κ2) is 4.98. The van der Waals surface area contributed by atoms with Crippen molar-refractivity contribution in [3.8, 4) is 11.5 Å². The first-order valence-corrected chi connectivity index (χ1v) is 7.72. The molecule has 1 saturated carbocycles. The molecule has 1 atom stereocenters. The van der Waals surface area contributed by atoms with Crippen molar-refractivity contribution in [1.82, 2.24) is 0 Å². The third-order valence-electron chi connectivity index (χ3n) is 4.22. The predicted octanol–water partition coefficient (Wildman–Crippen LogP) is 3.45. The van der Waals surface area contributed by atoms with Crippen LogP contribution < -0.4 is 15.2 Å². The third kappa shape index (κ3) is 2.61. The van der Waals surface area contributed by atoms with Crippen LogP contribution in [0.25, 0.3) is 0 Å². The highest BCUT2D eigenvalue weighted by atomic mass is 79.9. The van der Waals surface area contributed by atoms with E-state index in [1.54, 1.807) is 0 Å². The first-order valence-electron chi connectivity index (χ1n) is 6.93. The Morgan fingerprint density at radius 2 is 1.89 bits per heavy atom. The molecule has 0 aromatic heterocycles. The van der Waals surface area contributed by atoms with Crippen LogP contribution in [0.15, 0.2) is 16.6 Å². The third-order valence-corrected chi connectivity index (χ3v) is 4.91. The fraction of sp³-hybridized carbons (Fsp3) is 0.600. The zero-order chi connectivity index (χ0) is 13.5. The predicted molar refractivity (Wildman–Crippen MR) is 78.9 cm³/mol. The molecule has 2 aliphatic rings. The maximum absolute atomic E-state index is 5.97. The number of hydrogen-bond acceptors (Lipinski definition) is 3. The minimum Gasteiger partial charge on any atom is -0.489 e. The fourth-order valence-corrected chi connectivity index (χ4v) is 3.24. The Labute approximate surface area is 122 Å². The van der Waals surface area contributed by atoms with Crippen LogP contribution in [0.4, 0.5) is 0 Å². The topological polar surface area (TPSA) is 44.5 Å². The van der Waals surface area contributed by atoms with Crippen molar-refractivity contribution in [1.29, 1.82) is 0 Å². The zero-order valence-electron chi connectivity index (χ0n) is 11.2. The molecule has 0 radical (unpaired) electrons. The SMILES string of the molecule is CC(CCN)c1cc2c(cc1Br)OCC1(CC1)CO2. The zero-order valence-corrected chi connectivity index (χ0v) is 12.8. The van der Waals surface area contributed by atoms with Gasteiger partial charge >= 0.3 is 0 Å². The van der Waals surface area contributed by atoms with Crippen LogP contribution in [0, 0.1) is 5.41 Å². The van der Waals surface area contributed by atoms with Gasteiger partial charge in [0, 0.05) is 9.89 Å². The number of fused-ring (bicyclic) bond motifs is 1. The van der Waals surface area contributed by atoms with Gasteiger partial charge < -0.3 is 15.2 Å². The smallest absolute Gasteiger partial charge is 0.162 e. The second-order valence-corrected chi connectivity index (χ2v) is 6.73. The fourth-order valence-electron chi connectivity index (χ4n) is 2.53. The van der Waals surface area contributed by atoms with Crippen molar-refractivity contribution >= 4 is 15.9 Å². The molecule has 19 heavy (non-hydrogen) atoms. The highest BCUT2D eigenvalue weighted by molar-refractivity contribution is 9.10. The van der Waals surface area contributed by atoms with Crippen LogP contribution >= 0.6 is 15.9 Å². The van der Waals surface area contributed by atoms with Gasteiger partial charge in [-0.1, -0.05) is 22.9 Å². The van der Waals surface area contributed by atoms with Gasteiger partial charge in [0.15, 0.2) is 11.5 Å². The second-order valence-electron chi connectivity index (χ2n) is 5.88. The van der Waals surface area contributed by atoms with Crippen molar-refractivity contribution < 1.29 is 9.47 Å². The van der Waals surface area contributed by atoms with E-state index in [2.05, 4.69) is 28.9 Å². The molecule has 0 amide bonds. The average molecular weight is 326 g/mol. The number of hydrogen-bond donors (Lipinski definition) is 1. The molecule has 1 aliphatic heterocycles. The molecule has 1 fully saturated rings. The summed E-state index contributed by atoms with van der Waals surface area (Å²) in [4.78, 5) is 0. The lowest BCUT2D eigenvalue weighted by atomic mass is 9.97. The molecule has 3 rings (SSSR count). The van der Waals surface area contributed by atoms with E-state index in [9.17, 15) is 0 Å². The van der Waals surface area contributed by atoms with E-state index in [1.807, 2.05) is 6.07 Å². The molecular weight excluding hydrogens is 306 g/mol. The highest BCUT2D eigenvalue weighted by Gasteiger charge is 2.46. The molecule has 0 saturated heterocycles. The van der Waals surface area contributed by atoms with E-state index in [0.717, 1.165) is 35.6 Å². The number of rotatable bonds is 3. The molecule has 1 unspecified atom stereocenters. The molecule has 3 nitrogen and oxygen atoms in total. The van der Waals surface area contributed by atoms with Gasteiger partial charge in [-0.3, -0.25) is 0 Å². The van der Waals surface area contributed by atoms with Gasteiger partial charge in [-0.25, -0.2) is 0 Å². The molecule has 1 aromatic carbocycles. The number of ether oxygens (including phenoxy) is 2. The quantitative estimate of drug-likeness (QED) is 0.925. The highest BCUT2D eigenvalue weighted by Crippen LogP contribution is 2.50. The van der Waals surface area contributed by atoms with Gasteiger partial charge in [-0.15, -0.1) is 0 Å². The normalized spacial score (nSPS) is 21.0. The Morgan fingerprint density at radius 1 is 1.26 bits per heavy atom. The van der Waals surface area contributed by atoms with Crippen molar-refractivity contribution in [2.24, 2.45) is 11.1 Å². The van der Waals surface area contributed by atoms with Gasteiger partial charge in [0.05, 0.1) is 13.2 Å². The summed E-state index contributed by atoms with van der Waals surface area (Å²) in [5, 5.41) is 0. The minimum atomic E-state index is 0.286. The number of nitrogens with two attached hydrogens (primary N) is 1. The molecule has 1 heterocycles. The van der Waals surface area contributed by atoms with Crippen molar-refractivity contribution in [3.05, 3.63) is 22.2 Å². The summed E-state index contributed by atoms with van der Waals surface area (Å²) in [6, 6.07) is 4.15. The van der Waals surface area contributed by atoms with Crippen molar-refractivity contribution in [2.45, 2.75) is 32.1 Å². The Morgan fingerprint density at radius 3 is 2.47 bits per heavy atom. The van der Waals surface area contributed by atoms with E-state index in [-0.39, 0.29) is 5.41 Å². The van der Waals surface area contributed by atoms with Crippen LogP contribution in [0.3, 0.4) is 0 Å². The van der Waals surface area contributed by atoms with Crippen LogP contribution in [-0.2, 0) is 0 Å².